The van der Waals surface area contributed by atoms with Gasteiger partial charge in [0.2, 0.25) is 0 Å². The van der Waals surface area contributed by atoms with E-state index >= 15 is 0 Å². The van der Waals surface area contributed by atoms with Crippen molar-refractivity contribution in [1.82, 2.24) is 25.6 Å². The average Bonchev–Trinajstić information content (AvgIpc) is 3.57. The van der Waals surface area contributed by atoms with Gasteiger partial charge in [-0.2, -0.15) is 0 Å². The van der Waals surface area contributed by atoms with E-state index in [2.05, 4.69) is 81.4 Å². The maximum Gasteiger partial charge on any atom is 0.160 e. The molecule has 1 radical (unpaired) electrons. The van der Waals surface area contributed by atoms with Crippen molar-refractivity contribution in [2.75, 3.05) is 13.1 Å². The van der Waals surface area contributed by atoms with Crippen molar-refractivity contribution in [2.24, 2.45) is 0 Å². The van der Waals surface area contributed by atoms with Crippen LogP contribution in [-0.4, -0.2) is 34.1 Å². The summed E-state index contributed by atoms with van der Waals surface area (Å²) < 4.78 is 0.987. The molecule has 1 saturated heterocycles. The number of hydrogen-bond donors (Lipinski definition) is 3. The van der Waals surface area contributed by atoms with Crippen LogP contribution >= 0.6 is 11.3 Å². The maximum atomic E-state index is 4.82. The lowest BCUT2D eigenvalue weighted by molar-refractivity contribution is 0.547. The third-order valence-corrected chi connectivity index (χ3v) is 6.99. The first-order chi connectivity index (χ1) is 15.3. The lowest BCUT2D eigenvalue weighted by Crippen LogP contribution is -2.30. The van der Waals surface area contributed by atoms with Crippen LogP contribution in [0.4, 0.5) is 0 Å². The summed E-state index contributed by atoms with van der Waals surface area (Å²) in [5.74, 6) is 0.711. The molecule has 6 heteroatoms. The molecule has 0 bridgehead atoms. The van der Waals surface area contributed by atoms with E-state index in [4.69, 9.17) is 4.98 Å². The minimum Gasteiger partial charge on any atom is -0.361 e. The standard InChI is InChI=1S/C25H22N5S/c1-3-17(4-2-16(1)13-28-20-8-9-26-14-20)23-12-22-24(31-23)15-29-25(30-22)19-5-6-21-18(11-19)7-10-27-21/h1-7,10-12,20,26-28H,8-9,13-14H2. The molecule has 0 spiro atoms. The Labute approximate surface area is 184 Å². The molecule has 31 heavy (non-hydrogen) atoms. The minimum atomic E-state index is 0.587. The molecule has 4 heterocycles. The van der Waals surface area contributed by atoms with E-state index in [9.17, 15) is 0 Å². The number of aromatic amines is 1. The van der Waals surface area contributed by atoms with Gasteiger partial charge in [-0.15, -0.1) is 11.3 Å². The fraction of sp³-hybridized carbons (Fsp3) is 0.200. The van der Waals surface area contributed by atoms with E-state index in [1.54, 1.807) is 11.3 Å². The summed E-state index contributed by atoms with van der Waals surface area (Å²) in [6, 6.07) is 19.8. The van der Waals surface area contributed by atoms with Crippen molar-refractivity contribution in [3.8, 4) is 21.8 Å². The second-order valence-electron chi connectivity index (χ2n) is 8.03. The van der Waals surface area contributed by atoms with Crippen LogP contribution in [0.2, 0.25) is 0 Å². The largest absolute Gasteiger partial charge is 0.361 e. The molecular formula is C25H22N5S. The molecule has 5 nitrogen and oxygen atoms in total. The third-order valence-electron chi connectivity index (χ3n) is 5.91. The lowest BCUT2D eigenvalue weighted by atomic mass is 10.1. The number of nitrogens with one attached hydrogen (secondary N) is 3. The number of hydrogen-bond acceptors (Lipinski definition) is 5. The Morgan fingerprint density at radius 3 is 2.84 bits per heavy atom. The lowest BCUT2D eigenvalue weighted by Gasteiger charge is -2.11. The van der Waals surface area contributed by atoms with Gasteiger partial charge in [-0.3, -0.25) is 0 Å². The summed E-state index contributed by atoms with van der Waals surface area (Å²) >= 11 is 1.69. The zero-order chi connectivity index (χ0) is 20.6. The molecule has 1 aliphatic rings. The van der Waals surface area contributed by atoms with Crippen molar-refractivity contribution in [3.63, 3.8) is 0 Å². The van der Waals surface area contributed by atoms with Gasteiger partial charge in [-0.1, -0.05) is 24.3 Å². The van der Waals surface area contributed by atoms with Crippen LogP contribution in [0.3, 0.4) is 0 Å². The first-order valence-electron chi connectivity index (χ1n) is 10.6. The van der Waals surface area contributed by atoms with Crippen LogP contribution in [0.5, 0.6) is 0 Å². The molecule has 1 atom stereocenters. The van der Waals surface area contributed by atoms with Crippen LogP contribution in [0.1, 0.15) is 12.0 Å². The Kier molecular flexibility index (Phi) is 4.76. The highest BCUT2D eigenvalue weighted by atomic mass is 32.1. The Hall–Kier alpha value is -3.06. The SMILES string of the molecule is [c]1nc(-c2ccc3[nH]ccc3c2)nc2cc(-c3ccc(CNC4CCNC4)cc3)sc12. The quantitative estimate of drug-likeness (QED) is 0.381. The molecule has 0 saturated carbocycles. The summed E-state index contributed by atoms with van der Waals surface area (Å²) in [7, 11) is 0. The molecule has 1 unspecified atom stereocenters. The Morgan fingerprint density at radius 1 is 1.06 bits per heavy atom. The van der Waals surface area contributed by atoms with Crippen LogP contribution in [0.25, 0.3) is 42.9 Å². The van der Waals surface area contributed by atoms with Crippen molar-refractivity contribution < 1.29 is 0 Å². The molecule has 2 aromatic carbocycles. The smallest absolute Gasteiger partial charge is 0.160 e. The average molecular weight is 425 g/mol. The molecule has 1 aliphatic heterocycles. The predicted octanol–water partition coefficient (Wildman–Crippen LogP) is 4.76. The first-order valence-corrected chi connectivity index (χ1v) is 11.4. The summed E-state index contributed by atoms with van der Waals surface area (Å²) in [6.07, 6.45) is 6.35. The predicted molar refractivity (Wildman–Crippen MR) is 127 cm³/mol. The number of benzene rings is 2. The zero-order valence-corrected chi connectivity index (χ0v) is 17.8. The van der Waals surface area contributed by atoms with Gasteiger partial charge in [0.05, 0.1) is 10.2 Å². The number of H-pyrrole nitrogens is 1. The Bertz CT molecular complexity index is 1350. The Balaban J connectivity index is 1.24. The highest BCUT2D eigenvalue weighted by Gasteiger charge is 2.13. The van der Waals surface area contributed by atoms with Gasteiger partial charge in [0.15, 0.2) is 5.82 Å². The second kappa shape index (κ2) is 7.89. The molecule has 5 aromatic rings. The number of aromatic nitrogens is 3. The van der Waals surface area contributed by atoms with Gasteiger partial charge in [0.25, 0.3) is 0 Å². The van der Waals surface area contributed by atoms with Gasteiger partial charge >= 0.3 is 0 Å². The fourth-order valence-electron chi connectivity index (χ4n) is 4.13. The number of nitrogens with zero attached hydrogens (tertiary/aromatic N) is 2. The Morgan fingerprint density at radius 2 is 1.97 bits per heavy atom. The molecular weight excluding hydrogens is 402 g/mol. The molecule has 6 rings (SSSR count). The molecule has 3 N–H and O–H groups in total. The highest BCUT2D eigenvalue weighted by molar-refractivity contribution is 7.22. The fourth-order valence-corrected chi connectivity index (χ4v) is 5.07. The summed E-state index contributed by atoms with van der Waals surface area (Å²) in [4.78, 5) is 13.7. The summed E-state index contributed by atoms with van der Waals surface area (Å²) in [6.45, 7) is 3.09. The summed E-state index contributed by atoms with van der Waals surface area (Å²) in [5, 5.41) is 8.18. The van der Waals surface area contributed by atoms with Crippen molar-refractivity contribution in [3.05, 3.63) is 72.6 Å². The molecule has 3 aromatic heterocycles. The molecule has 1 fully saturated rings. The number of thiophene rings is 1. The molecule has 0 aliphatic carbocycles. The van der Waals surface area contributed by atoms with E-state index in [-0.39, 0.29) is 0 Å². The first kappa shape index (κ1) is 18.7. The van der Waals surface area contributed by atoms with E-state index in [0.29, 0.717) is 11.9 Å². The topological polar surface area (TPSA) is 65.6 Å². The molecule has 0 amide bonds. The van der Waals surface area contributed by atoms with Crippen molar-refractivity contribution in [2.45, 2.75) is 19.0 Å². The zero-order valence-electron chi connectivity index (χ0n) is 17.0. The van der Waals surface area contributed by atoms with Gasteiger partial charge < -0.3 is 15.6 Å². The van der Waals surface area contributed by atoms with Crippen LogP contribution in [-0.2, 0) is 6.54 Å². The van der Waals surface area contributed by atoms with Crippen molar-refractivity contribution in [1.29, 1.82) is 0 Å². The normalized spacial score (nSPS) is 16.5. The summed E-state index contributed by atoms with van der Waals surface area (Å²) in [5.41, 5.74) is 5.58. The number of rotatable bonds is 5. The highest BCUT2D eigenvalue weighted by Crippen LogP contribution is 2.33. The molecule has 153 valence electrons. The minimum absolute atomic E-state index is 0.587. The van der Waals surface area contributed by atoms with E-state index in [1.165, 1.54) is 22.4 Å². The van der Waals surface area contributed by atoms with Gasteiger partial charge in [0, 0.05) is 46.7 Å². The van der Waals surface area contributed by atoms with Gasteiger partial charge in [-0.25, -0.2) is 9.97 Å². The van der Waals surface area contributed by atoms with Gasteiger partial charge in [0.1, 0.15) is 6.20 Å². The maximum absolute atomic E-state index is 4.82. The number of fused-ring (bicyclic) bond motifs is 2. The van der Waals surface area contributed by atoms with Crippen LogP contribution in [0, 0.1) is 6.20 Å². The monoisotopic (exact) mass is 424 g/mol. The van der Waals surface area contributed by atoms with Crippen molar-refractivity contribution >= 4 is 32.5 Å². The second-order valence-corrected chi connectivity index (χ2v) is 9.08. The van der Waals surface area contributed by atoms with Crippen LogP contribution in [0.15, 0.2) is 60.8 Å². The van der Waals surface area contributed by atoms with E-state index < -0.39 is 0 Å². The van der Waals surface area contributed by atoms with E-state index in [1.807, 2.05) is 6.20 Å². The van der Waals surface area contributed by atoms with Gasteiger partial charge in [-0.05, 0) is 54.4 Å². The third kappa shape index (κ3) is 3.74. The van der Waals surface area contributed by atoms with E-state index in [0.717, 1.165) is 46.3 Å². The van der Waals surface area contributed by atoms with Crippen LogP contribution < -0.4 is 10.6 Å².